The fourth-order valence-corrected chi connectivity index (χ4v) is 3.56. The molecule has 0 fully saturated rings. The molecule has 3 aromatic rings. The molecule has 0 bridgehead atoms. The summed E-state index contributed by atoms with van der Waals surface area (Å²) in [4.78, 5) is 6.23. The van der Waals surface area contributed by atoms with Crippen molar-refractivity contribution in [2.75, 3.05) is 6.61 Å². The van der Waals surface area contributed by atoms with E-state index in [1.54, 1.807) is 24.4 Å². The first-order valence-electron chi connectivity index (χ1n) is 9.61. The molecule has 30 heavy (non-hydrogen) atoms. The van der Waals surface area contributed by atoms with Crippen molar-refractivity contribution in [1.82, 2.24) is 9.88 Å². The maximum absolute atomic E-state index is 12.8. The Kier molecular flexibility index (Phi) is 5.49. The Balaban J connectivity index is 1.65. The van der Waals surface area contributed by atoms with Crippen LogP contribution in [-0.2, 0) is 12.7 Å². The smallest absolute Gasteiger partial charge is 0.416 e. The van der Waals surface area contributed by atoms with Gasteiger partial charge in [0.05, 0.1) is 11.3 Å². The second kappa shape index (κ2) is 8.08. The third-order valence-corrected chi connectivity index (χ3v) is 5.26. The average molecular weight is 414 g/mol. The summed E-state index contributed by atoms with van der Waals surface area (Å²) >= 11 is 0. The van der Waals surface area contributed by atoms with Crippen LogP contribution in [0.2, 0.25) is 0 Å². The minimum atomic E-state index is -4.38. The highest BCUT2D eigenvalue weighted by Crippen LogP contribution is 2.37. The topological polar surface area (TPSA) is 45.6 Å². The Labute approximate surface area is 172 Å². The van der Waals surface area contributed by atoms with Gasteiger partial charge >= 0.3 is 6.18 Å². The van der Waals surface area contributed by atoms with E-state index in [0.29, 0.717) is 35.6 Å². The molecule has 1 N–H and O–H groups in total. The van der Waals surface area contributed by atoms with Crippen LogP contribution >= 0.6 is 0 Å². The van der Waals surface area contributed by atoms with Gasteiger partial charge in [-0.05, 0) is 54.4 Å². The summed E-state index contributed by atoms with van der Waals surface area (Å²) in [6.45, 7) is 2.81. The minimum Gasteiger partial charge on any atom is -0.492 e. The van der Waals surface area contributed by atoms with Crippen LogP contribution in [0.3, 0.4) is 0 Å². The van der Waals surface area contributed by atoms with Gasteiger partial charge in [0.2, 0.25) is 0 Å². The molecule has 0 spiro atoms. The fraction of sp³-hybridized carbons (Fsp3) is 0.261. The molecule has 0 radical (unpaired) electrons. The van der Waals surface area contributed by atoms with Gasteiger partial charge in [0.1, 0.15) is 18.6 Å². The molecule has 0 saturated carbocycles. The van der Waals surface area contributed by atoms with E-state index < -0.39 is 18.0 Å². The Hall–Kier alpha value is -2.90. The number of rotatable bonds is 3. The number of fused-ring (bicyclic) bond motifs is 1. The lowest BCUT2D eigenvalue weighted by molar-refractivity contribution is -0.137. The van der Waals surface area contributed by atoms with Gasteiger partial charge in [0.25, 0.3) is 0 Å². The average Bonchev–Trinajstić information content (AvgIpc) is 2.86. The SMILES string of the molecule is C[C@@H]1COc2ccc(-c3ccc(C(F)(F)F)cc3)cc2C(O)N1Cc1ccccn1. The van der Waals surface area contributed by atoms with Gasteiger partial charge in [-0.2, -0.15) is 13.2 Å². The molecular formula is C23H21F3N2O2. The third kappa shape index (κ3) is 4.17. The Morgan fingerprint density at radius 1 is 1.07 bits per heavy atom. The number of alkyl halides is 3. The molecule has 1 aliphatic heterocycles. The number of aliphatic hydroxyl groups excluding tert-OH is 1. The van der Waals surface area contributed by atoms with Crippen molar-refractivity contribution in [2.45, 2.75) is 31.9 Å². The molecule has 2 heterocycles. The zero-order chi connectivity index (χ0) is 21.3. The molecule has 7 heteroatoms. The summed E-state index contributed by atoms with van der Waals surface area (Å²) in [5, 5.41) is 11.1. The highest BCUT2D eigenvalue weighted by Gasteiger charge is 2.31. The maximum atomic E-state index is 12.8. The van der Waals surface area contributed by atoms with Gasteiger partial charge in [0, 0.05) is 24.3 Å². The predicted molar refractivity (Wildman–Crippen MR) is 107 cm³/mol. The van der Waals surface area contributed by atoms with E-state index in [4.69, 9.17) is 4.74 Å². The molecule has 156 valence electrons. The summed E-state index contributed by atoms with van der Waals surface area (Å²) in [7, 11) is 0. The van der Waals surface area contributed by atoms with Crippen molar-refractivity contribution in [2.24, 2.45) is 0 Å². The molecule has 1 aromatic heterocycles. The first-order valence-corrected chi connectivity index (χ1v) is 9.61. The summed E-state index contributed by atoms with van der Waals surface area (Å²) in [6.07, 6.45) is -3.61. The number of hydrogen-bond donors (Lipinski definition) is 1. The Morgan fingerprint density at radius 2 is 1.80 bits per heavy atom. The van der Waals surface area contributed by atoms with Crippen molar-refractivity contribution in [3.05, 3.63) is 83.7 Å². The zero-order valence-corrected chi connectivity index (χ0v) is 16.3. The first-order chi connectivity index (χ1) is 14.3. The molecule has 1 unspecified atom stereocenters. The summed E-state index contributed by atoms with van der Waals surface area (Å²) in [5.41, 5.74) is 2.04. The van der Waals surface area contributed by atoms with E-state index in [-0.39, 0.29) is 6.04 Å². The number of benzene rings is 2. The highest BCUT2D eigenvalue weighted by molar-refractivity contribution is 5.66. The quantitative estimate of drug-likeness (QED) is 0.652. The number of pyridine rings is 1. The van der Waals surface area contributed by atoms with Crippen molar-refractivity contribution in [3.8, 4) is 16.9 Å². The van der Waals surface area contributed by atoms with Gasteiger partial charge in [-0.3, -0.25) is 9.88 Å². The highest BCUT2D eigenvalue weighted by atomic mass is 19.4. The van der Waals surface area contributed by atoms with Crippen LogP contribution < -0.4 is 4.74 Å². The van der Waals surface area contributed by atoms with Crippen molar-refractivity contribution in [1.29, 1.82) is 0 Å². The van der Waals surface area contributed by atoms with E-state index in [1.165, 1.54) is 12.1 Å². The second-order valence-corrected chi connectivity index (χ2v) is 7.35. The van der Waals surface area contributed by atoms with Gasteiger partial charge in [0.15, 0.2) is 0 Å². The lowest BCUT2D eigenvalue weighted by Gasteiger charge is -2.30. The molecule has 0 amide bonds. The van der Waals surface area contributed by atoms with Crippen molar-refractivity contribution < 1.29 is 23.0 Å². The summed E-state index contributed by atoms with van der Waals surface area (Å²) < 4.78 is 44.4. The molecule has 4 nitrogen and oxygen atoms in total. The molecule has 1 aliphatic rings. The Bertz CT molecular complexity index is 1010. The van der Waals surface area contributed by atoms with Crippen LogP contribution in [0.1, 0.15) is 30.0 Å². The van der Waals surface area contributed by atoms with Crippen molar-refractivity contribution in [3.63, 3.8) is 0 Å². The normalized spacial score (nSPS) is 19.6. The van der Waals surface area contributed by atoms with Gasteiger partial charge < -0.3 is 9.84 Å². The van der Waals surface area contributed by atoms with Crippen LogP contribution in [0.4, 0.5) is 13.2 Å². The lowest BCUT2D eigenvalue weighted by atomic mass is 10.00. The van der Waals surface area contributed by atoms with E-state index in [0.717, 1.165) is 17.8 Å². The molecule has 4 rings (SSSR count). The van der Waals surface area contributed by atoms with Crippen LogP contribution in [0.15, 0.2) is 66.9 Å². The third-order valence-electron chi connectivity index (χ3n) is 5.26. The Morgan fingerprint density at radius 3 is 2.47 bits per heavy atom. The largest absolute Gasteiger partial charge is 0.492 e. The lowest BCUT2D eigenvalue weighted by Crippen LogP contribution is -2.37. The molecular weight excluding hydrogens is 393 g/mol. The molecule has 2 atom stereocenters. The van der Waals surface area contributed by atoms with Gasteiger partial charge in [-0.15, -0.1) is 0 Å². The monoisotopic (exact) mass is 414 g/mol. The number of hydrogen-bond acceptors (Lipinski definition) is 4. The van der Waals surface area contributed by atoms with E-state index in [2.05, 4.69) is 4.98 Å². The molecule has 0 aliphatic carbocycles. The van der Waals surface area contributed by atoms with Crippen molar-refractivity contribution >= 4 is 0 Å². The molecule has 0 saturated heterocycles. The molecule has 2 aromatic carbocycles. The van der Waals surface area contributed by atoms with Crippen LogP contribution in [0.5, 0.6) is 5.75 Å². The number of aromatic nitrogens is 1. The predicted octanol–water partition coefficient (Wildman–Crippen LogP) is 5.04. The van der Waals surface area contributed by atoms with Crippen LogP contribution in [-0.4, -0.2) is 27.6 Å². The van der Waals surface area contributed by atoms with Crippen LogP contribution in [0, 0.1) is 0 Å². The van der Waals surface area contributed by atoms with Gasteiger partial charge in [-0.25, -0.2) is 0 Å². The van der Waals surface area contributed by atoms with E-state index >= 15 is 0 Å². The fourth-order valence-electron chi connectivity index (χ4n) is 3.56. The number of halogens is 3. The minimum absolute atomic E-state index is 0.0658. The summed E-state index contributed by atoms with van der Waals surface area (Å²) in [6, 6.07) is 15.8. The zero-order valence-electron chi connectivity index (χ0n) is 16.3. The summed E-state index contributed by atoms with van der Waals surface area (Å²) in [5.74, 6) is 0.563. The second-order valence-electron chi connectivity index (χ2n) is 7.35. The van der Waals surface area contributed by atoms with E-state index in [1.807, 2.05) is 30.0 Å². The standard InChI is InChI=1S/C23H21F3N2O2/c1-15-14-30-21-10-7-17(16-5-8-18(9-6-16)23(24,25)26)12-20(21)22(29)28(15)13-19-4-2-3-11-27-19/h2-12,15,22,29H,13-14H2,1H3/t15-,22?/m1/s1. The number of nitrogens with zero attached hydrogens (tertiary/aromatic N) is 2. The van der Waals surface area contributed by atoms with Gasteiger partial charge in [-0.1, -0.05) is 24.3 Å². The first kappa shape index (κ1) is 20.4. The maximum Gasteiger partial charge on any atom is 0.416 e. The van der Waals surface area contributed by atoms with Crippen LogP contribution in [0.25, 0.3) is 11.1 Å². The number of aliphatic hydroxyl groups is 1. The number of ether oxygens (including phenoxy) is 1. The van der Waals surface area contributed by atoms with E-state index in [9.17, 15) is 18.3 Å².